The molecule has 0 atom stereocenters. The van der Waals surface area contributed by atoms with Crippen molar-refractivity contribution in [3.8, 4) is 11.6 Å². The van der Waals surface area contributed by atoms with Crippen LogP contribution in [0.2, 0.25) is 0 Å². The van der Waals surface area contributed by atoms with E-state index < -0.39 is 5.97 Å². The van der Waals surface area contributed by atoms with Gasteiger partial charge in [-0.25, -0.2) is 9.78 Å². The predicted octanol–water partition coefficient (Wildman–Crippen LogP) is 2.99. The molecule has 0 aliphatic carbocycles. The van der Waals surface area contributed by atoms with Crippen LogP contribution in [0.3, 0.4) is 0 Å². The van der Waals surface area contributed by atoms with Crippen molar-refractivity contribution in [1.82, 2.24) is 19.4 Å². The maximum Gasteiger partial charge on any atom is 0.352 e. The highest BCUT2D eigenvalue weighted by molar-refractivity contribution is 5.96. The Bertz CT molecular complexity index is 1040. The van der Waals surface area contributed by atoms with E-state index in [9.17, 15) is 9.90 Å². The summed E-state index contributed by atoms with van der Waals surface area (Å²) in [6.45, 7) is 1.81. The molecule has 0 saturated carbocycles. The van der Waals surface area contributed by atoms with Gasteiger partial charge in [-0.15, -0.1) is 0 Å². The van der Waals surface area contributed by atoms with Crippen molar-refractivity contribution in [2.24, 2.45) is 7.05 Å². The van der Waals surface area contributed by atoms with Crippen LogP contribution in [-0.2, 0) is 7.05 Å². The van der Waals surface area contributed by atoms with Gasteiger partial charge in [0.25, 0.3) is 0 Å². The Balaban J connectivity index is 1.58. The van der Waals surface area contributed by atoms with E-state index in [2.05, 4.69) is 33.9 Å². The minimum atomic E-state index is -0.972. The van der Waals surface area contributed by atoms with Gasteiger partial charge in [0, 0.05) is 43.8 Å². The second kappa shape index (κ2) is 7.71. The van der Waals surface area contributed by atoms with Crippen molar-refractivity contribution >= 4 is 22.8 Å². The molecule has 1 aromatic carbocycles. The molecule has 3 aromatic rings. The number of rotatable bonds is 5. The number of fused-ring (bicyclic) bond motifs is 1. The van der Waals surface area contributed by atoms with Crippen molar-refractivity contribution in [3.05, 3.63) is 42.2 Å². The van der Waals surface area contributed by atoms with Gasteiger partial charge < -0.3 is 24.2 Å². The summed E-state index contributed by atoms with van der Waals surface area (Å²) < 4.78 is 7.68. The number of anilines is 1. The number of aryl methyl sites for hydroxylation is 1. The lowest BCUT2D eigenvalue weighted by Gasteiger charge is -2.35. The van der Waals surface area contributed by atoms with Crippen molar-refractivity contribution in [1.29, 1.82) is 0 Å². The van der Waals surface area contributed by atoms with Crippen molar-refractivity contribution in [3.63, 3.8) is 0 Å². The number of aromatic carboxylic acids is 1. The summed E-state index contributed by atoms with van der Waals surface area (Å²) in [5.41, 5.74) is 0.931. The number of carboxylic acids is 1. The zero-order valence-electron chi connectivity index (χ0n) is 16.9. The molecule has 3 heterocycles. The third-order valence-electron chi connectivity index (χ3n) is 5.55. The fourth-order valence-electron chi connectivity index (χ4n) is 3.90. The maximum atomic E-state index is 11.5. The van der Waals surface area contributed by atoms with Gasteiger partial charge in [0.2, 0.25) is 11.8 Å². The van der Waals surface area contributed by atoms with Crippen LogP contribution in [0.15, 0.2) is 36.5 Å². The molecule has 152 valence electrons. The normalized spacial score (nSPS) is 15.2. The monoisotopic (exact) mass is 395 g/mol. The Morgan fingerprint density at radius 3 is 2.69 bits per heavy atom. The summed E-state index contributed by atoms with van der Waals surface area (Å²) in [4.78, 5) is 24.9. The Morgan fingerprint density at radius 2 is 2.00 bits per heavy atom. The first-order valence-corrected chi connectivity index (χ1v) is 9.68. The first-order valence-electron chi connectivity index (χ1n) is 9.68. The summed E-state index contributed by atoms with van der Waals surface area (Å²) in [6.07, 6.45) is 3.84. The van der Waals surface area contributed by atoms with Gasteiger partial charge in [0.1, 0.15) is 5.69 Å². The van der Waals surface area contributed by atoms with Crippen LogP contribution in [0.25, 0.3) is 10.9 Å². The minimum absolute atomic E-state index is 0.211. The van der Waals surface area contributed by atoms with Crippen LogP contribution in [0.4, 0.5) is 5.95 Å². The van der Waals surface area contributed by atoms with Crippen LogP contribution < -0.4 is 9.64 Å². The highest BCUT2D eigenvalue weighted by atomic mass is 16.5. The number of para-hydroxylation sites is 1. The fourth-order valence-corrected chi connectivity index (χ4v) is 3.90. The second-order valence-electron chi connectivity index (χ2n) is 7.57. The zero-order valence-corrected chi connectivity index (χ0v) is 16.9. The topological polar surface area (TPSA) is 83.7 Å². The van der Waals surface area contributed by atoms with Crippen molar-refractivity contribution in [2.45, 2.75) is 18.9 Å². The lowest BCUT2D eigenvalue weighted by atomic mass is 10.0. The number of benzene rings is 1. The summed E-state index contributed by atoms with van der Waals surface area (Å²) >= 11 is 0. The summed E-state index contributed by atoms with van der Waals surface area (Å²) in [6, 6.07) is 9.48. The van der Waals surface area contributed by atoms with Crippen molar-refractivity contribution < 1.29 is 14.6 Å². The van der Waals surface area contributed by atoms with E-state index in [1.54, 1.807) is 29.9 Å². The second-order valence-corrected chi connectivity index (χ2v) is 7.57. The molecule has 1 N–H and O–H groups in total. The first kappa shape index (κ1) is 19.2. The molecule has 1 fully saturated rings. The highest BCUT2D eigenvalue weighted by Crippen LogP contribution is 2.31. The van der Waals surface area contributed by atoms with Crippen LogP contribution in [-0.4, -0.2) is 63.7 Å². The lowest BCUT2D eigenvalue weighted by molar-refractivity contribution is 0.0687. The highest BCUT2D eigenvalue weighted by Gasteiger charge is 2.22. The Hall–Kier alpha value is -3.13. The average molecular weight is 395 g/mol. The van der Waals surface area contributed by atoms with E-state index >= 15 is 0 Å². The smallest absolute Gasteiger partial charge is 0.352 e. The molecule has 8 heteroatoms. The Morgan fingerprint density at radius 1 is 1.24 bits per heavy atom. The minimum Gasteiger partial charge on any atom is -0.477 e. The van der Waals surface area contributed by atoms with Gasteiger partial charge >= 0.3 is 5.97 Å². The van der Waals surface area contributed by atoms with Crippen LogP contribution in [0.1, 0.15) is 23.3 Å². The number of hydrogen-bond donors (Lipinski definition) is 1. The quantitative estimate of drug-likeness (QED) is 0.711. The average Bonchev–Trinajstić information content (AvgIpc) is 3.06. The summed E-state index contributed by atoms with van der Waals surface area (Å²) in [7, 11) is 5.95. The van der Waals surface area contributed by atoms with Gasteiger partial charge in [0.15, 0.2) is 5.75 Å². The molecule has 29 heavy (non-hydrogen) atoms. The van der Waals surface area contributed by atoms with Gasteiger partial charge in [-0.1, -0.05) is 12.1 Å². The van der Waals surface area contributed by atoms with Crippen LogP contribution in [0, 0.1) is 0 Å². The number of carbonyl (C=O) groups is 1. The summed E-state index contributed by atoms with van der Waals surface area (Å²) in [5.74, 6) is 0.689. The van der Waals surface area contributed by atoms with Gasteiger partial charge in [-0.2, -0.15) is 4.98 Å². The predicted molar refractivity (Wildman–Crippen MR) is 111 cm³/mol. The van der Waals surface area contributed by atoms with Gasteiger partial charge in [-0.3, -0.25) is 0 Å². The molecule has 8 nitrogen and oxygen atoms in total. The molecule has 1 aliphatic rings. The molecule has 0 bridgehead atoms. The molecular formula is C21H25N5O3. The van der Waals surface area contributed by atoms with E-state index in [-0.39, 0.29) is 5.69 Å². The fraction of sp³-hybridized carbons (Fsp3) is 0.381. The molecule has 0 spiro atoms. The van der Waals surface area contributed by atoms with E-state index in [1.807, 2.05) is 18.2 Å². The molecule has 1 saturated heterocycles. The Kier molecular flexibility index (Phi) is 5.10. The Labute approximate surface area is 169 Å². The van der Waals surface area contributed by atoms with E-state index in [1.165, 1.54) is 0 Å². The molecule has 1 aliphatic heterocycles. The SMILES string of the molecule is CN(C)C1CCN(c2nccc(Oc3cccc4cc(C(=O)O)n(C)c34)n2)CC1. The molecule has 2 aromatic heterocycles. The zero-order chi connectivity index (χ0) is 20.5. The number of ether oxygens (including phenoxy) is 1. The molecule has 0 unspecified atom stereocenters. The van der Waals surface area contributed by atoms with E-state index in [0.29, 0.717) is 23.6 Å². The number of nitrogens with zero attached hydrogens (tertiary/aromatic N) is 5. The number of piperidine rings is 1. The maximum absolute atomic E-state index is 11.5. The number of aromatic nitrogens is 3. The van der Waals surface area contributed by atoms with Gasteiger partial charge in [-0.05, 0) is 39.1 Å². The van der Waals surface area contributed by atoms with E-state index in [0.717, 1.165) is 36.8 Å². The van der Waals surface area contributed by atoms with Crippen LogP contribution >= 0.6 is 0 Å². The molecule has 0 radical (unpaired) electrons. The molecular weight excluding hydrogens is 370 g/mol. The third kappa shape index (κ3) is 3.75. The lowest BCUT2D eigenvalue weighted by Crippen LogP contribution is -2.42. The first-order chi connectivity index (χ1) is 13.9. The van der Waals surface area contributed by atoms with Crippen molar-refractivity contribution in [2.75, 3.05) is 32.1 Å². The largest absolute Gasteiger partial charge is 0.477 e. The number of hydrogen-bond acceptors (Lipinski definition) is 6. The molecule has 0 amide bonds. The molecule has 4 rings (SSSR count). The summed E-state index contributed by atoms with van der Waals surface area (Å²) in [5, 5.41) is 10.2. The van der Waals surface area contributed by atoms with Gasteiger partial charge in [0.05, 0.1) is 5.52 Å². The third-order valence-corrected chi connectivity index (χ3v) is 5.55. The number of carboxylic acid groups (broad SMARTS) is 1. The standard InChI is InChI=1S/C21H25N5O3/c1-24(2)15-8-11-26(12-9-15)21-22-10-7-18(23-21)29-17-6-4-5-14-13-16(20(27)28)25(3)19(14)17/h4-7,10,13,15H,8-9,11-12H2,1-3H3,(H,27,28). The van der Waals surface area contributed by atoms with E-state index in [4.69, 9.17) is 4.74 Å². The van der Waals surface area contributed by atoms with Crippen LogP contribution in [0.5, 0.6) is 11.6 Å².